The maximum Gasteiger partial charge on any atom is 0.160 e. The summed E-state index contributed by atoms with van der Waals surface area (Å²) in [7, 11) is 0. The Kier molecular flexibility index (Phi) is 6.42. The molecular formula is C48H29N3S. The normalized spacial score (nSPS) is 11.8. The molecular weight excluding hydrogens is 651 g/mol. The van der Waals surface area contributed by atoms with E-state index in [-0.39, 0.29) is 0 Å². The first-order chi connectivity index (χ1) is 25.8. The van der Waals surface area contributed by atoms with Crippen molar-refractivity contribution >= 4 is 74.9 Å². The van der Waals surface area contributed by atoms with Crippen LogP contribution in [-0.2, 0) is 0 Å². The van der Waals surface area contributed by atoms with Crippen LogP contribution in [0.2, 0.25) is 0 Å². The molecule has 0 aliphatic carbocycles. The molecule has 3 nitrogen and oxygen atoms in total. The van der Waals surface area contributed by atoms with Crippen LogP contribution in [0.5, 0.6) is 0 Å². The number of thiophene rings is 1. The Morgan fingerprint density at radius 2 is 1.02 bits per heavy atom. The van der Waals surface area contributed by atoms with Crippen molar-refractivity contribution in [3.63, 3.8) is 0 Å². The number of benzene rings is 8. The highest BCUT2D eigenvalue weighted by Crippen LogP contribution is 2.49. The van der Waals surface area contributed by atoms with Crippen molar-refractivity contribution in [1.82, 2.24) is 14.5 Å². The van der Waals surface area contributed by atoms with Gasteiger partial charge in [0.1, 0.15) is 0 Å². The summed E-state index contributed by atoms with van der Waals surface area (Å²) < 4.78 is 5.14. The van der Waals surface area contributed by atoms with Crippen LogP contribution in [0, 0.1) is 0 Å². The van der Waals surface area contributed by atoms with E-state index in [1.807, 2.05) is 35.6 Å². The van der Waals surface area contributed by atoms with E-state index in [9.17, 15) is 0 Å². The lowest BCUT2D eigenvalue weighted by atomic mass is 9.97. The first-order valence-electron chi connectivity index (χ1n) is 17.6. The zero-order valence-corrected chi connectivity index (χ0v) is 28.8. The van der Waals surface area contributed by atoms with Crippen LogP contribution in [0.4, 0.5) is 0 Å². The molecule has 0 atom stereocenters. The minimum absolute atomic E-state index is 0.717. The van der Waals surface area contributed by atoms with Crippen molar-refractivity contribution < 1.29 is 0 Å². The van der Waals surface area contributed by atoms with E-state index in [4.69, 9.17) is 9.97 Å². The first kappa shape index (κ1) is 29.1. The van der Waals surface area contributed by atoms with Gasteiger partial charge in [0.2, 0.25) is 0 Å². The molecule has 3 heterocycles. The highest BCUT2D eigenvalue weighted by Gasteiger charge is 2.23. The minimum Gasteiger partial charge on any atom is -0.309 e. The van der Waals surface area contributed by atoms with Crippen LogP contribution < -0.4 is 0 Å². The van der Waals surface area contributed by atoms with Crippen LogP contribution in [0.3, 0.4) is 0 Å². The summed E-state index contributed by atoms with van der Waals surface area (Å²) >= 11 is 1.89. The second kappa shape index (κ2) is 11.5. The van der Waals surface area contributed by atoms with Gasteiger partial charge in [-0.25, -0.2) is 9.97 Å². The van der Waals surface area contributed by atoms with Gasteiger partial charge >= 0.3 is 0 Å². The van der Waals surface area contributed by atoms with Gasteiger partial charge < -0.3 is 4.57 Å². The van der Waals surface area contributed by atoms with Crippen LogP contribution in [0.1, 0.15) is 0 Å². The Balaban J connectivity index is 1.20. The van der Waals surface area contributed by atoms with Gasteiger partial charge in [0.25, 0.3) is 0 Å². The van der Waals surface area contributed by atoms with Crippen molar-refractivity contribution in [2.75, 3.05) is 0 Å². The predicted molar refractivity (Wildman–Crippen MR) is 221 cm³/mol. The fraction of sp³-hybridized carbons (Fsp3) is 0. The Morgan fingerprint density at radius 3 is 1.77 bits per heavy atom. The van der Waals surface area contributed by atoms with Gasteiger partial charge in [0.15, 0.2) is 5.82 Å². The molecule has 0 unspecified atom stereocenters. The molecule has 0 aliphatic heterocycles. The first-order valence-corrected chi connectivity index (χ1v) is 18.4. The molecule has 4 heteroatoms. The highest BCUT2D eigenvalue weighted by atomic mass is 32.1. The fourth-order valence-electron chi connectivity index (χ4n) is 8.05. The number of aromatic nitrogens is 3. The topological polar surface area (TPSA) is 30.7 Å². The Labute approximate surface area is 303 Å². The Hall–Kier alpha value is -6.62. The summed E-state index contributed by atoms with van der Waals surface area (Å²) in [5.41, 5.74) is 8.48. The van der Waals surface area contributed by atoms with E-state index in [0.717, 1.165) is 33.8 Å². The zero-order chi connectivity index (χ0) is 34.2. The maximum atomic E-state index is 5.11. The SMILES string of the molecule is c1ccc(-c2cc(-c3ccc(-n4c5ccc6ccccc6c5c5c6ccccc6c6sc7ccccc7c6c54)cc3)nc(-c3ccccc3)n2)cc1. The third kappa shape index (κ3) is 4.38. The van der Waals surface area contributed by atoms with Crippen LogP contribution in [0.15, 0.2) is 176 Å². The zero-order valence-electron chi connectivity index (χ0n) is 28.0. The molecule has 0 saturated heterocycles. The smallest absolute Gasteiger partial charge is 0.160 e. The second-order valence-electron chi connectivity index (χ2n) is 13.3. The van der Waals surface area contributed by atoms with E-state index in [1.54, 1.807) is 0 Å². The average Bonchev–Trinajstić information content (AvgIpc) is 3.79. The predicted octanol–water partition coefficient (Wildman–Crippen LogP) is 13.2. The van der Waals surface area contributed by atoms with Crippen LogP contribution in [0.25, 0.3) is 103 Å². The molecule has 8 aromatic carbocycles. The molecule has 0 saturated carbocycles. The summed E-state index contributed by atoms with van der Waals surface area (Å²) in [4.78, 5) is 10.1. The summed E-state index contributed by atoms with van der Waals surface area (Å²) in [6.45, 7) is 0. The largest absolute Gasteiger partial charge is 0.309 e. The molecule has 0 aliphatic rings. The van der Waals surface area contributed by atoms with Crippen molar-refractivity contribution in [1.29, 1.82) is 0 Å². The number of nitrogens with zero attached hydrogens (tertiary/aromatic N) is 3. The molecule has 0 radical (unpaired) electrons. The molecule has 0 N–H and O–H groups in total. The summed E-state index contributed by atoms with van der Waals surface area (Å²) in [5.74, 6) is 0.717. The van der Waals surface area contributed by atoms with Crippen molar-refractivity contribution in [3.8, 4) is 39.6 Å². The Morgan fingerprint density at radius 1 is 0.423 bits per heavy atom. The number of fused-ring (bicyclic) bond motifs is 12. The quantitative estimate of drug-likeness (QED) is 0.185. The van der Waals surface area contributed by atoms with Gasteiger partial charge in [-0.1, -0.05) is 146 Å². The van der Waals surface area contributed by atoms with E-state index in [2.05, 4.69) is 156 Å². The lowest BCUT2D eigenvalue weighted by Gasteiger charge is -2.12. The van der Waals surface area contributed by atoms with E-state index >= 15 is 0 Å². The lowest BCUT2D eigenvalue weighted by molar-refractivity contribution is 1.17. The minimum atomic E-state index is 0.717. The van der Waals surface area contributed by atoms with Crippen molar-refractivity contribution in [2.45, 2.75) is 0 Å². The molecule has 11 aromatic rings. The van der Waals surface area contributed by atoms with Gasteiger partial charge in [0.05, 0.1) is 22.4 Å². The highest BCUT2D eigenvalue weighted by molar-refractivity contribution is 7.27. The Bertz CT molecular complexity index is 3100. The molecule has 0 bridgehead atoms. The second-order valence-corrected chi connectivity index (χ2v) is 14.4. The van der Waals surface area contributed by atoms with E-state index < -0.39 is 0 Å². The molecule has 0 fully saturated rings. The van der Waals surface area contributed by atoms with Gasteiger partial charge in [0, 0.05) is 58.7 Å². The lowest BCUT2D eigenvalue weighted by Crippen LogP contribution is -1.97. The summed E-state index contributed by atoms with van der Waals surface area (Å²) in [6.07, 6.45) is 0. The van der Waals surface area contributed by atoms with Crippen LogP contribution >= 0.6 is 11.3 Å². The molecule has 0 amide bonds. The van der Waals surface area contributed by atoms with E-state index in [0.29, 0.717) is 5.82 Å². The molecule has 0 spiro atoms. The third-order valence-corrected chi connectivity index (χ3v) is 11.6. The third-order valence-electron chi connectivity index (χ3n) is 10.4. The number of rotatable bonds is 4. The van der Waals surface area contributed by atoms with Gasteiger partial charge in [-0.15, -0.1) is 11.3 Å². The molecule has 52 heavy (non-hydrogen) atoms. The summed E-state index contributed by atoms with van der Waals surface area (Å²) in [6, 6.07) is 62.8. The number of hydrogen-bond donors (Lipinski definition) is 0. The summed E-state index contributed by atoms with van der Waals surface area (Å²) in [5, 5.41) is 10.3. The monoisotopic (exact) mass is 679 g/mol. The fourth-order valence-corrected chi connectivity index (χ4v) is 9.29. The number of hydrogen-bond acceptors (Lipinski definition) is 3. The molecule has 242 valence electrons. The van der Waals surface area contributed by atoms with Crippen molar-refractivity contribution in [3.05, 3.63) is 176 Å². The van der Waals surface area contributed by atoms with Crippen LogP contribution in [-0.4, -0.2) is 14.5 Å². The standard InChI is InChI=1S/C48H29N3S/c1-3-14-31(15-4-1)39-29-40(50-48(49-39)33-16-5-2-6-17-33)32-23-26-34(27-24-32)51-41-28-25-30-13-7-8-18-35(30)43(41)44-36-19-9-10-20-37(36)47-45(46(44)51)38-21-11-12-22-42(38)52-47/h1-29H. The molecule has 11 rings (SSSR count). The average molecular weight is 680 g/mol. The van der Waals surface area contributed by atoms with Crippen molar-refractivity contribution in [2.24, 2.45) is 0 Å². The van der Waals surface area contributed by atoms with Gasteiger partial charge in [-0.05, 0) is 46.5 Å². The maximum absolute atomic E-state index is 5.11. The van der Waals surface area contributed by atoms with Gasteiger partial charge in [-0.2, -0.15) is 0 Å². The van der Waals surface area contributed by atoms with Gasteiger partial charge in [-0.3, -0.25) is 0 Å². The van der Waals surface area contributed by atoms with E-state index in [1.165, 1.54) is 63.5 Å². The molecule has 3 aromatic heterocycles.